The number of allylic oxidation sites excluding steroid dienone is 1. The lowest BCUT2D eigenvalue weighted by Gasteiger charge is -2.08. The van der Waals surface area contributed by atoms with Crippen LogP contribution in [0.15, 0.2) is 84.8 Å². The number of fused-ring (bicyclic) bond motifs is 2. The van der Waals surface area contributed by atoms with Crippen molar-refractivity contribution < 1.29 is 23.8 Å². The number of ether oxygens (including phenoxy) is 3. The molecule has 0 fully saturated rings. The zero-order valence-corrected chi connectivity index (χ0v) is 18.0. The number of nitrogens with zero attached hydrogens (tertiary/aromatic N) is 1. The molecule has 0 unspecified atom stereocenters. The number of esters is 1. The van der Waals surface area contributed by atoms with Gasteiger partial charge in [-0.3, -0.25) is 4.79 Å². The lowest BCUT2D eigenvalue weighted by Crippen LogP contribution is -2.14. The molecule has 6 heteroatoms. The third kappa shape index (κ3) is 4.23. The average Bonchev–Trinajstić information content (AvgIpc) is 3.33. The maximum Gasteiger partial charge on any atom is 0.344 e. The Morgan fingerprint density at radius 3 is 2.67 bits per heavy atom. The van der Waals surface area contributed by atoms with E-state index in [1.54, 1.807) is 24.3 Å². The van der Waals surface area contributed by atoms with Gasteiger partial charge in [0, 0.05) is 35.8 Å². The van der Waals surface area contributed by atoms with Crippen molar-refractivity contribution in [2.75, 3.05) is 6.61 Å². The van der Waals surface area contributed by atoms with Crippen molar-refractivity contribution >= 4 is 28.7 Å². The number of para-hydroxylation sites is 1. The van der Waals surface area contributed by atoms with Gasteiger partial charge in [0.2, 0.25) is 5.78 Å². The summed E-state index contributed by atoms with van der Waals surface area (Å²) in [6.45, 7) is -0.0502. The summed E-state index contributed by atoms with van der Waals surface area (Å²) in [5.41, 5.74) is 3.34. The highest BCUT2D eigenvalue weighted by Crippen LogP contribution is 2.35. The van der Waals surface area contributed by atoms with E-state index in [9.17, 15) is 9.59 Å². The van der Waals surface area contributed by atoms with Crippen molar-refractivity contribution in [1.82, 2.24) is 4.57 Å². The Hall–Kier alpha value is -4.32. The van der Waals surface area contributed by atoms with E-state index in [2.05, 4.69) is 0 Å². The van der Waals surface area contributed by atoms with Crippen molar-refractivity contribution in [3.05, 3.63) is 101 Å². The molecule has 1 aliphatic rings. The van der Waals surface area contributed by atoms with Gasteiger partial charge in [-0.1, -0.05) is 48.5 Å². The Morgan fingerprint density at radius 2 is 1.82 bits per heavy atom. The van der Waals surface area contributed by atoms with Gasteiger partial charge in [0.25, 0.3) is 0 Å². The van der Waals surface area contributed by atoms with Crippen LogP contribution in [-0.2, 0) is 23.2 Å². The number of benzene rings is 3. The lowest BCUT2D eigenvalue weighted by atomic mass is 10.1. The summed E-state index contributed by atoms with van der Waals surface area (Å²) >= 11 is 0. The van der Waals surface area contributed by atoms with Crippen LogP contribution in [0, 0.1) is 0 Å². The second-order valence-corrected chi connectivity index (χ2v) is 7.75. The highest BCUT2D eigenvalue weighted by molar-refractivity contribution is 6.15. The molecule has 0 saturated carbocycles. The number of rotatable bonds is 6. The van der Waals surface area contributed by atoms with Crippen molar-refractivity contribution in [2.24, 2.45) is 7.05 Å². The molecule has 2 heterocycles. The van der Waals surface area contributed by atoms with E-state index in [1.807, 2.05) is 72.4 Å². The number of carbonyl (C=O) groups is 2. The van der Waals surface area contributed by atoms with Crippen LogP contribution in [0.5, 0.6) is 11.5 Å². The molecule has 0 atom stereocenters. The van der Waals surface area contributed by atoms with E-state index in [0.717, 1.165) is 22.0 Å². The number of hydrogen-bond acceptors (Lipinski definition) is 5. The zero-order chi connectivity index (χ0) is 22.8. The van der Waals surface area contributed by atoms with Crippen LogP contribution < -0.4 is 9.47 Å². The second-order valence-electron chi connectivity index (χ2n) is 7.75. The first-order chi connectivity index (χ1) is 16.1. The van der Waals surface area contributed by atoms with E-state index < -0.39 is 5.97 Å². The van der Waals surface area contributed by atoms with Gasteiger partial charge in [-0.05, 0) is 29.8 Å². The van der Waals surface area contributed by atoms with Crippen LogP contribution in [-0.4, -0.2) is 22.9 Å². The highest BCUT2D eigenvalue weighted by Gasteiger charge is 2.28. The second kappa shape index (κ2) is 8.67. The fourth-order valence-electron chi connectivity index (χ4n) is 3.81. The van der Waals surface area contributed by atoms with Gasteiger partial charge in [-0.15, -0.1) is 0 Å². The minimum Gasteiger partial charge on any atom is -0.482 e. The van der Waals surface area contributed by atoms with Crippen molar-refractivity contribution in [1.29, 1.82) is 0 Å². The Labute approximate surface area is 190 Å². The first-order valence-corrected chi connectivity index (χ1v) is 10.5. The first-order valence-electron chi connectivity index (χ1n) is 10.5. The number of carbonyl (C=O) groups excluding carboxylic acids is 2. The van der Waals surface area contributed by atoms with Crippen molar-refractivity contribution in [3.63, 3.8) is 0 Å². The Bertz CT molecular complexity index is 1380. The summed E-state index contributed by atoms with van der Waals surface area (Å²) in [5, 5.41) is 1.04. The molecule has 0 bridgehead atoms. The Morgan fingerprint density at radius 1 is 1.03 bits per heavy atom. The molecule has 0 radical (unpaired) electrons. The third-order valence-corrected chi connectivity index (χ3v) is 5.46. The molecule has 1 aliphatic heterocycles. The maximum atomic E-state index is 12.8. The molecule has 164 valence electrons. The van der Waals surface area contributed by atoms with Crippen molar-refractivity contribution in [2.45, 2.75) is 6.61 Å². The topological polar surface area (TPSA) is 66.8 Å². The lowest BCUT2D eigenvalue weighted by molar-refractivity contribution is -0.147. The number of aromatic nitrogens is 1. The monoisotopic (exact) mass is 439 g/mol. The molecule has 0 saturated heterocycles. The molecular weight excluding hydrogens is 418 g/mol. The molecule has 4 aromatic rings. The summed E-state index contributed by atoms with van der Waals surface area (Å²) in [6.07, 6.45) is 3.72. The molecule has 0 spiro atoms. The van der Waals surface area contributed by atoms with E-state index in [4.69, 9.17) is 14.2 Å². The smallest absolute Gasteiger partial charge is 0.344 e. The summed E-state index contributed by atoms with van der Waals surface area (Å²) in [4.78, 5) is 24.8. The normalized spacial score (nSPS) is 13.7. The fraction of sp³-hybridized carbons (Fsp3) is 0.111. The SMILES string of the molecule is Cn1cc(/C=C2\Oc3cc(OCC(=O)OCc4ccccc4)ccc3C2=O)c2ccccc21. The van der Waals surface area contributed by atoms with E-state index >= 15 is 0 Å². The van der Waals surface area contributed by atoms with Crippen LogP contribution in [0.1, 0.15) is 21.5 Å². The van der Waals surface area contributed by atoms with Crippen LogP contribution in [0.25, 0.3) is 17.0 Å². The van der Waals surface area contributed by atoms with Gasteiger partial charge in [0.1, 0.15) is 18.1 Å². The van der Waals surface area contributed by atoms with Crippen LogP contribution >= 0.6 is 0 Å². The molecular formula is C27H21NO5. The molecule has 3 aromatic carbocycles. The molecule has 0 amide bonds. The minimum absolute atomic E-state index is 0.188. The minimum atomic E-state index is -0.479. The number of hydrogen-bond donors (Lipinski definition) is 0. The molecule has 5 rings (SSSR count). The standard InChI is InChI=1S/C27H21NO5/c1-28-15-19(21-9-5-6-10-23(21)28)13-25-27(30)22-12-11-20(14-24(22)33-25)31-17-26(29)32-16-18-7-3-2-4-8-18/h2-15H,16-17H2,1H3/b25-13-. The largest absolute Gasteiger partial charge is 0.482 e. The summed E-state index contributed by atoms with van der Waals surface area (Å²) in [6, 6.07) is 22.3. The predicted molar refractivity (Wildman–Crippen MR) is 124 cm³/mol. The first kappa shape index (κ1) is 20.6. The molecule has 1 aromatic heterocycles. The van der Waals surface area contributed by atoms with E-state index in [0.29, 0.717) is 17.1 Å². The number of ketones is 1. The molecule has 33 heavy (non-hydrogen) atoms. The van der Waals surface area contributed by atoms with E-state index in [1.165, 1.54) is 0 Å². The van der Waals surface area contributed by atoms with Crippen molar-refractivity contribution in [3.8, 4) is 11.5 Å². The zero-order valence-electron chi connectivity index (χ0n) is 18.0. The molecule has 0 aliphatic carbocycles. The number of Topliss-reactive ketones (excluding diaryl/α,β-unsaturated/α-hetero) is 1. The summed E-state index contributed by atoms with van der Waals surface area (Å²) in [7, 11) is 1.96. The van der Waals surface area contributed by atoms with Gasteiger partial charge >= 0.3 is 5.97 Å². The summed E-state index contributed by atoms with van der Waals surface area (Å²) in [5.74, 6) is 0.409. The molecule has 0 N–H and O–H groups in total. The predicted octanol–water partition coefficient (Wildman–Crippen LogP) is 4.92. The van der Waals surface area contributed by atoms with Crippen LogP contribution in [0.2, 0.25) is 0 Å². The van der Waals surface area contributed by atoms with Crippen LogP contribution in [0.4, 0.5) is 0 Å². The van der Waals surface area contributed by atoms with Gasteiger partial charge in [-0.25, -0.2) is 4.79 Å². The third-order valence-electron chi connectivity index (χ3n) is 5.46. The fourth-order valence-corrected chi connectivity index (χ4v) is 3.81. The summed E-state index contributed by atoms with van der Waals surface area (Å²) < 4.78 is 18.6. The number of aryl methyl sites for hydroxylation is 1. The van der Waals surface area contributed by atoms with Gasteiger partial charge in [0.05, 0.1) is 5.56 Å². The Kier molecular flexibility index (Phi) is 5.40. The molecule has 6 nitrogen and oxygen atoms in total. The van der Waals surface area contributed by atoms with Gasteiger partial charge in [-0.2, -0.15) is 0 Å². The highest BCUT2D eigenvalue weighted by atomic mass is 16.6. The maximum absolute atomic E-state index is 12.8. The quantitative estimate of drug-likeness (QED) is 0.315. The Balaban J connectivity index is 1.26. The van der Waals surface area contributed by atoms with E-state index in [-0.39, 0.29) is 24.8 Å². The van der Waals surface area contributed by atoms with Gasteiger partial charge in [0.15, 0.2) is 12.4 Å². The van der Waals surface area contributed by atoms with Gasteiger partial charge < -0.3 is 18.8 Å². The van der Waals surface area contributed by atoms with Crippen LogP contribution in [0.3, 0.4) is 0 Å². The average molecular weight is 439 g/mol.